The molecule has 0 fully saturated rings. The van der Waals surface area contributed by atoms with E-state index in [0.717, 1.165) is 0 Å². The molecule has 17 heavy (non-hydrogen) atoms. The van der Waals surface area contributed by atoms with Gasteiger partial charge in [0.15, 0.2) is 5.58 Å². The number of aromatic nitrogens is 1. The van der Waals surface area contributed by atoms with Gasteiger partial charge in [0.2, 0.25) is 0 Å². The largest absolute Gasteiger partial charge is 0.423 e. The van der Waals surface area contributed by atoms with Gasteiger partial charge in [-0.05, 0) is 26.0 Å². The number of nitrogens with one attached hydrogen (secondary N) is 1. The minimum absolute atomic E-state index is 0.272. The van der Waals surface area contributed by atoms with Crippen molar-refractivity contribution in [3.63, 3.8) is 0 Å². The van der Waals surface area contributed by atoms with Gasteiger partial charge in [0, 0.05) is 13.7 Å². The molecule has 0 radical (unpaired) electrons. The summed E-state index contributed by atoms with van der Waals surface area (Å²) >= 11 is 0. The molecule has 2 rings (SSSR count). The summed E-state index contributed by atoms with van der Waals surface area (Å²) in [4.78, 5) is 4.29. The molecule has 5 heteroatoms. The van der Waals surface area contributed by atoms with E-state index in [-0.39, 0.29) is 5.60 Å². The lowest BCUT2D eigenvalue weighted by atomic mass is 10.1. The van der Waals surface area contributed by atoms with Crippen molar-refractivity contribution in [2.24, 2.45) is 0 Å². The predicted molar refractivity (Wildman–Crippen MR) is 68.0 cm³/mol. The number of nitrogens with two attached hydrogens (primary N) is 1. The normalized spacial score (nSPS) is 11.9. The molecular formula is C12H17N3O2. The van der Waals surface area contributed by atoms with E-state index >= 15 is 0 Å². The number of ether oxygens (including phenoxy) is 1. The molecule has 1 aromatic carbocycles. The van der Waals surface area contributed by atoms with Crippen LogP contribution in [0, 0.1) is 0 Å². The summed E-state index contributed by atoms with van der Waals surface area (Å²) in [6.45, 7) is 4.57. The maximum Gasteiger partial charge on any atom is 0.295 e. The number of rotatable bonds is 4. The summed E-state index contributed by atoms with van der Waals surface area (Å²) in [7, 11) is 1.67. The molecule has 0 saturated carbocycles. The van der Waals surface area contributed by atoms with E-state index < -0.39 is 0 Å². The number of benzene rings is 1. The molecule has 0 bridgehead atoms. The minimum atomic E-state index is -0.272. The highest BCUT2D eigenvalue weighted by molar-refractivity contribution is 5.86. The summed E-state index contributed by atoms with van der Waals surface area (Å²) in [5, 5.41) is 3.09. The van der Waals surface area contributed by atoms with Crippen LogP contribution in [0.4, 0.5) is 11.7 Å². The van der Waals surface area contributed by atoms with Crippen LogP contribution in [0.2, 0.25) is 0 Å². The van der Waals surface area contributed by atoms with Crippen molar-refractivity contribution in [1.82, 2.24) is 4.98 Å². The first-order valence-corrected chi connectivity index (χ1v) is 5.46. The highest BCUT2D eigenvalue weighted by atomic mass is 16.5. The zero-order valence-electron chi connectivity index (χ0n) is 10.3. The van der Waals surface area contributed by atoms with E-state index in [9.17, 15) is 0 Å². The summed E-state index contributed by atoms with van der Waals surface area (Å²) < 4.78 is 10.8. The average Bonchev–Trinajstić information content (AvgIpc) is 2.71. The number of methoxy groups -OCH3 is 1. The van der Waals surface area contributed by atoms with Crippen molar-refractivity contribution in [3.05, 3.63) is 18.2 Å². The first-order chi connectivity index (χ1) is 8.02. The van der Waals surface area contributed by atoms with Gasteiger partial charge in [-0.25, -0.2) is 0 Å². The third-order valence-corrected chi connectivity index (χ3v) is 2.67. The van der Waals surface area contributed by atoms with Gasteiger partial charge < -0.3 is 20.2 Å². The van der Waals surface area contributed by atoms with E-state index in [4.69, 9.17) is 14.9 Å². The molecule has 0 atom stereocenters. The molecule has 2 aromatic rings. The second-order valence-corrected chi connectivity index (χ2v) is 4.53. The van der Waals surface area contributed by atoms with Gasteiger partial charge in [-0.2, -0.15) is 4.98 Å². The molecule has 5 nitrogen and oxygen atoms in total. The van der Waals surface area contributed by atoms with Crippen molar-refractivity contribution in [2.75, 3.05) is 24.7 Å². The molecule has 1 heterocycles. The number of anilines is 2. The van der Waals surface area contributed by atoms with Crippen LogP contribution in [0.25, 0.3) is 11.1 Å². The molecule has 0 amide bonds. The van der Waals surface area contributed by atoms with E-state index in [2.05, 4.69) is 10.3 Å². The molecule has 0 aliphatic heterocycles. The topological polar surface area (TPSA) is 73.3 Å². The Morgan fingerprint density at radius 1 is 1.47 bits per heavy atom. The molecule has 3 N–H and O–H groups in total. The number of nitrogen functional groups attached to an aromatic ring is 1. The first-order valence-electron chi connectivity index (χ1n) is 5.46. The first kappa shape index (κ1) is 11.7. The van der Waals surface area contributed by atoms with Crippen molar-refractivity contribution in [3.8, 4) is 0 Å². The summed E-state index contributed by atoms with van der Waals surface area (Å²) in [6.07, 6.45) is 0. The number of hydrogen-bond acceptors (Lipinski definition) is 5. The third-order valence-electron chi connectivity index (χ3n) is 2.67. The number of nitrogens with zero attached hydrogens (tertiary/aromatic N) is 1. The second kappa shape index (κ2) is 4.25. The van der Waals surface area contributed by atoms with Crippen LogP contribution in [0.1, 0.15) is 13.8 Å². The van der Waals surface area contributed by atoms with E-state index in [1.54, 1.807) is 13.2 Å². The van der Waals surface area contributed by atoms with Crippen LogP contribution in [0.3, 0.4) is 0 Å². The number of para-hydroxylation sites is 1. The van der Waals surface area contributed by atoms with Crippen LogP contribution in [0.5, 0.6) is 0 Å². The Morgan fingerprint density at radius 2 is 2.24 bits per heavy atom. The van der Waals surface area contributed by atoms with Crippen molar-refractivity contribution >= 4 is 22.8 Å². The van der Waals surface area contributed by atoms with Crippen LogP contribution in [0.15, 0.2) is 22.6 Å². The summed E-state index contributed by atoms with van der Waals surface area (Å²) in [5.74, 6) is 0. The Morgan fingerprint density at radius 3 is 2.88 bits per heavy atom. The van der Waals surface area contributed by atoms with Crippen molar-refractivity contribution in [1.29, 1.82) is 0 Å². The fourth-order valence-electron chi connectivity index (χ4n) is 1.41. The lowest BCUT2D eigenvalue weighted by molar-refractivity contribution is 0.0340. The van der Waals surface area contributed by atoms with Gasteiger partial charge in [-0.15, -0.1) is 0 Å². The standard InChI is InChI=1S/C12H17N3O2/c1-12(2,16-3)7-14-11-15-10-8(13)5-4-6-9(10)17-11/h4-6H,7,13H2,1-3H3,(H,14,15). The van der Waals surface area contributed by atoms with Gasteiger partial charge in [-0.3, -0.25) is 0 Å². The lowest BCUT2D eigenvalue weighted by Crippen LogP contribution is -2.32. The molecule has 0 aliphatic carbocycles. The Hall–Kier alpha value is -1.75. The number of oxazole rings is 1. The van der Waals surface area contributed by atoms with Gasteiger partial charge >= 0.3 is 0 Å². The van der Waals surface area contributed by atoms with Gasteiger partial charge in [0.25, 0.3) is 6.01 Å². The quantitative estimate of drug-likeness (QED) is 0.795. The SMILES string of the molecule is COC(C)(C)CNc1nc2c(N)cccc2o1. The highest BCUT2D eigenvalue weighted by Gasteiger charge is 2.17. The summed E-state index contributed by atoms with van der Waals surface area (Å²) in [6, 6.07) is 5.94. The Kier molecular flexibility index (Phi) is 2.93. The highest BCUT2D eigenvalue weighted by Crippen LogP contribution is 2.23. The predicted octanol–water partition coefficient (Wildman–Crippen LogP) is 2.25. The maximum absolute atomic E-state index is 5.80. The molecule has 0 unspecified atom stereocenters. The maximum atomic E-state index is 5.80. The van der Waals surface area contributed by atoms with Crippen molar-refractivity contribution in [2.45, 2.75) is 19.4 Å². The fourth-order valence-corrected chi connectivity index (χ4v) is 1.41. The Labute approximate surface area is 100.0 Å². The fraction of sp³-hybridized carbons (Fsp3) is 0.417. The van der Waals surface area contributed by atoms with E-state index in [1.807, 2.05) is 26.0 Å². The lowest BCUT2D eigenvalue weighted by Gasteiger charge is -2.22. The zero-order chi connectivity index (χ0) is 12.5. The average molecular weight is 235 g/mol. The molecular weight excluding hydrogens is 218 g/mol. The second-order valence-electron chi connectivity index (χ2n) is 4.53. The van der Waals surface area contributed by atoms with Gasteiger partial charge in [-0.1, -0.05) is 6.07 Å². The molecule has 1 aromatic heterocycles. The Balaban J connectivity index is 2.18. The number of hydrogen-bond donors (Lipinski definition) is 2. The van der Waals surface area contributed by atoms with Crippen LogP contribution in [-0.4, -0.2) is 24.2 Å². The number of fused-ring (bicyclic) bond motifs is 1. The molecule has 92 valence electrons. The smallest absolute Gasteiger partial charge is 0.295 e. The van der Waals surface area contributed by atoms with Crippen LogP contribution in [-0.2, 0) is 4.74 Å². The van der Waals surface area contributed by atoms with E-state index in [1.165, 1.54) is 0 Å². The molecule has 0 saturated heterocycles. The summed E-state index contributed by atoms with van der Waals surface area (Å²) in [5.41, 5.74) is 7.52. The van der Waals surface area contributed by atoms with Crippen molar-refractivity contribution < 1.29 is 9.15 Å². The van der Waals surface area contributed by atoms with Gasteiger partial charge in [0.1, 0.15) is 5.52 Å². The third kappa shape index (κ3) is 2.50. The van der Waals surface area contributed by atoms with Gasteiger partial charge in [0.05, 0.1) is 11.3 Å². The monoisotopic (exact) mass is 235 g/mol. The van der Waals surface area contributed by atoms with Crippen LogP contribution < -0.4 is 11.1 Å². The minimum Gasteiger partial charge on any atom is -0.423 e. The molecule has 0 aliphatic rings. The van der Waals surface area contributed by atoms with Crippen LogP contribution >= 0.6 is 0 Å². The Bertz CT molecular complexity index is 519. The zero-order valence-corrected chi connectivity index (χ0v) is 10.3. The van der Waals surface area contributed by atoms with E-state index in [0.29, 0.717) is 29.3 Å². The molecule has 0 spiro atoms.